The van der Waals surface area contributed by atoms with Crippen molar-refractivity contribution in [1.29, 1.82) is 0 Å². The Morgan fingerprint density at radius 1 is 1.13 bits per heavy atom. The Labute approximate surface area is 184 Å². The van der Waals surface area contributed by atoms with Gasteiger partial charge in [-0.1, -0.05) is 56.9 Å². The van der Waals surface area contributed by atoms with E-state index in [2.05, 4.69) is 26.0 Å². The van der Waals surface area contributed by atoms with Crippen LogP contribution in [-0.2, 0) is 0 Å². The summed E-state index contributed by atoms with van der Waals surface area (Å²) in [4.78, 5) is 0. The van der Waals surface area contributed by atoms with Crippen LogP contribution in [0.4, 0.5) is 0 Å². The topological polar surface area (TPSA) is 60.7 Å². The molecule has 3 aliphatic carbocycles. The highest BCUT2D eigenvalue weighted by atomic mass is 16.3. The van der Waals surface area contributed by atoms with Crippen molar-refractivity contribution in [2.24, 2.45) is 29.1 Å². The number of aliphatic hydroxyl groups excluding tert-OH is 2. The maximum Gasteiger partial charge on any atom is 0.0627 e. The van der Waals surface area contributed by atoms with E-state index in [1.54, 1.807) is 5.57 Å². The van der Waals surface area contributed by atoms with Crippen molar-refractivity contribution >= 4 is 0 Å². The first kappa shape index (κ1) is 24.0. The predicted molar refractivity (Wildman–Crippen MR) is 124 cm³/mol. The van der Waals surface area contributed by atoms with Crippen LogP contribution in [0.1, 0.15) is 98.8 Å². The Hall–Kier alpha value is -0.640. The summed E-state index contributed by atoms with van der Waals surface area (Å²) >= 11 is 0. The third kappa shape index (κ3) is 5.40. The van der Waals surface area contributed by atoms with E-state index >= 15 is 0 Å². The van der Waals surface area contributed by atoms with Gasteiger partial charge in [-0.15, -0.1) is 0 Å². The van der Waals surface area contributed by atoms with Gasteiger partial charge >= 0.3 is 0 Å². The molecule has 3 saturated carbocycles. The molecule has 0 saturated heterocycles. The Morgan fingerprint density at radius 2 is 1.80 bits per heavy atom. The molecule has 3 aliphatic rings. The summed E-state index contributed by atoms with van der Waals surface area (Å²) in [6.07, 6.45) is 14.8. The monoisotopic (exact) mass is 418 g/mol. The van der Waals surface area contributed by atoms with E-state index in [0.717, 1.165) is 18.8 Å². The quantitative estimate of drug-likeness (QED) is 0.512. The highest BCUT2D eigenvalue weighted by Gasteiger charge is 2.50. The molecule has 0 amide bonds. The molecule has 3 heteroatoms. The molecule has 0 aliphatic heterocycles. The standard InChI is InChI=1S/C27H46O3/c1-18(8-6-14-26(3,4)30)22-12-13-23-21(9-7-15-27(22,23)5)11-10-20-16-24(28)19(2)25(29)17-20/h10-11,18-19,22-25,28-30H,6-9,12-17H2,1-5H3/b20-10-,21-11+/t18-,19-,22+,23?,24+,25?,27+/m0/s1. The molecule has 7 atom stereocenters. The van der Waals surface area contributed by atoms with E-state index in [1.807, 2.05) is 20.8 Å². The lowest BCUT2D eigenvalue weighted by Gasteiger charge is -2.44. The van der Waals surface area contributed by atoms with Crippen LogP contribution in [0.5, 0.6) is 0 Å². The molecule has 0 aromatic carbocycles. The van der Waals surface area contributed by atoms with Gasteiger partial charge in [0.15, 0.2) is 0 Å². The first-order valence-electron chi connectivity index (χ1n) is 12.5. The summed E-state index contributed by atoms with van der Waals surface area (Å²) in [7, 11) is 0. The van der Waals surface area contributed by atoms with Crippen molar-refractivity contribution in [2.45, 2.75) is 117 Å². The first-order valence-corrected chi connectivity index (χ1v) is 12.5. The molecule has 0 spiro atoms. The summed E-state index contributed by atoms with van der Waals surface area (Å²) in [6, 6.07) is 0. The molecule has 3 nitrogen and oxygen atoms in total. The van der Waals surface area contributed by atoms with E-state index in [0.29, 0.717) is 30.1 Å². The van der Waals surface area contributed by atoms with Gasteiger partial charge in [0.25, 0.3) is 0 Å². The molecular formula is C27H46O3. The molecule has 0 heterocycles. The van der Waals surface area contributed by atoms with Crippen molar-refractivity contribution in [1.82, 2.24) is 0 Å². The second-order valence-corrected chi connectivity index (χ2v) is 11.7. The minimum absolute atomic E-state index is 0.0266. The molecule has 0 aromatic heterocycles. The van der Waals surface area contributed by atoms with Crippen molar-refractivity contribution in [2.75, 3.05) is 0 Å². The van der Waals surface area contributed by atoms with Crippen LogP contribution >= 0.6 is 0 Å². The zero-order valence-electron chi connectivity index (χ0n) is 20.0. The van der Waals surface area contributed by atoms with Crippen molar-refractivity contribution in [3.8, 4) is 0 Å². The Morgan fingerprint density at radius 3 is 2.43 bits per heavy atom. The van der Waals surface area contributed by atoms with Gasteiger partial charge in [0.2, 0.25) is 0 Å². The highest BCUT2D eigenvalue weighted by molar-refractivity contribution is 5.26. The minimum Gasteiger partial charge on any atom is -0.392 e. The van der Waals surface area contributed by atoms with Crippen molar-refractivity contribution in [3.63, 3.8) is 0 Å². The number of fused-ring (bicyclic) bond motifs is 1. The molecule has 0 bridgehead atoms. The molecule has 172 valence electrons. The van der Waals surface area contributed by atoms with Gasteiger partial charge < -0.3 is 15.3 Å². The van der Waals surface area contributed by atoms with Crippen molar-refractivity contribution < 1.29 is 15.3 Å². The second kappa shape index (κ2) is 9.46. The maximum atomic E-state index is 10.2. The van der Waals surface area contributed by atoms with E-state index in [9.17, 15) is 15.3 Å². The lowest BCUT2D eigenvalue weighted by Crippen LogP contribution is -2.36. The Kier molecular flexibility index (Phi) is 7.58. The van der Waals surface area contributed by atoms with E-state index in [4.69, 9.17) is 0 Å². The average molecular weight is 419 g/mol. The number of hydrogen-bond acceptors (Lipinski definition) is 3. The van der Waals surface area contributed by atoms with Crippen LogP contribution in [0.3, 0.4) is 0 Å². The van der Waals surface area contributed by atoms with Gasteiger partial charge in [0.05, 0.1) is 17.8 Å². The molecular weight excluding hydrogens is 372 g/mol. The summed E-state index contributed by atoms with van der Waals surface area (Å²) < 4.78 is 0. The van der Waals surface area contributed by atoms with Crippen molar-refractivity contribution in [3.05, 3.63) is 23.3 Å². The Bertz CT molecular complexity index is 629. The van der Waals surface area contributed by atoms with E-state index in [-0.39, 0.29) is 5.92 Å². The van der Waals surface area contributed by atoms with Gasteiger partial charge in [0.1, 0.15) is 0 Å². The molecule has 2 unspecified atom stereocenters. The zero-order chi connectivity index (χ0) is 22.1. The summed E-state index contributed by atoms with van der Waals surface area (Å²) in [5.41, 5.74) is 2.65. The largest absolute Gasteiger partial charge is 0.392 e. The van der Waals surface area contributed by atoms with Crippen LogP contribution in [0.15, 0.2) is 23.3 Å². The number of aliphatic hydroxyl groups is 3. The van der Waals surface area contributed by atoms with E-state index in [1.165, 1.54) is 44.1 Å². The van der Waals surface area contributed by atoms with Gasteiger partial charge in [0, 0.05) is 5.92 Å². The molecule has 3 fully saturated rings. The van der Waals surface area contributed by atoms with Gasteiger partial charge in [-0.3, -0.25) is 0 Å². The molecule has 30 heavy (non-hydrogen) atoms. The van der Waals surface area contributed by atoms with Gasteiger partial charge in [-0.2, -0.15) is 0 Å². The third-order valence-corrected chi connectivity index (χ3v) is 8.86. The Balaban J connectivity index is 1.67. The SMILES string of the molecule is C[C@@H]1C(O)C/C(=C\C=C2/CCC[C@@]3(C)C2CC[C@@H]3[C@@H](C)CCCC(C)(C)O)C[C@H]1O. The average Bonchev–Trinajstić information content (AvgIpc) is 3.00. The number of allylic oxidation sites excluding steroid dienone is 3. The fraction of sp³-hybridized carbons (Fsp3) is 0.852. The van der Waals surface area contributed by atoms with E-state index < -0.39 is 17.8 Å². The van der Waals surface area contributed by atoms with Crippen LogP contribution < -0.4 is 0 Å². The summed E-state index contributed by atoms with van der Waals surface area (Å²) in [5, 5.41) is 30.5. The fourth-order valence-electron chi connectivity index (χ4n) is 6.88. The third-order valence-electron chi connectivity index (χ3n) is 8.86. The van der Waals surface area contributed by atoms with Gasteiger partial charge in [-0.05, 0) is 88.4 Å². The smallest absolute Gasteiger partial charge is 0.0627 e. The highest BCUT2D eigenvalue weighted by Crippen LogP contribution is 2.60. The summed E-state index contributed by atoms with van der Waals surface area (Å²) in [5.74, 6) is 2.15. The lowest BCUT2D eigenvalue weighted by atomic mass is 9.60. The lowest BCUT2D eigenvalue weighted by molar-refractivity contribution is 0.00406. The zero-order valence-corrected chi connectivity index (χ0v) is 20.0. The maximum absolute atomic E-state index is 10.2. The minimum atomic E-state index is -0.547. The molecule has 3 rings (SSSR count). The van der Waals surface area contributed by atoms with Crippen LogP contribution in [0, 0.1) is 29.1 Å². The predicted octanol–water partition coefficient (Wildman–Crippen LogP) is 5.78. The first-order chi connectivity index (χ1) is 14.0. The second-order valence-electron chi connectivity index (χ2n) is 11.7. The molecule has 0 radical (unpaired) electrons. The van der Waals surface area contributed by atoms with Crippen LogP contribution in [-0.4, -0.2) is 33.1 Å². The number of hydrogen-bond donors (Lipinski definition) is 3. The molecule has 0 aromatic rings. The summed E-state index contributed by atoms with van der Waals surface area (Å²) in [6.45, 7) is 10.8. The molecule has 3 N–H and O–H groups in total. The van der Waals surface area contributed by atoms with Gasteiger partial charge in [-0.25, -0.2) is 0 Å². The van der Waals surface area contributed by atoms with Crippen LogP contribution in [0.25, 0.3) is 0 Å². The van der Waals surface area contributed by atoms with Crippen LogP contribution in [0.2, 0.25) is 0 Å². The fourth-order valence-corrected chi connectivity index (χ4v) is 6.88. The number of rotatable bonds is 6. The normalized spacial score (nSPS) is 41.3.